The van der Waals surface area contributed by atoms with E-state index in [2.05, 4.69) is 20.8 Å². The summed E-state index contributed by atoms with van der Waals surface area (Å²) >= 11 is 0. The Kier molecular flexibility index (Phi) is 42.8. The zero-order valence-corrected chi connectivity index (χ0v) is 36.5. The molecule has 0 saturated heterocycles. The monoisotopic (exact) mass is 765 g/mol. The van der Waals surface area contributed by atoms with Crippen LogP contribution in [0, 0.1) is 0 Å². The van der Waals surface area contributed by atoms with Crippen molar-refractivity contribution in [2.45, 2.75) is 277 Å². The van der Waals surface area contributed by atoms with E-state index in [-0.39, 0.29) is 31.1 Å². The third kappa shape index (κ3) is 41.6. The van der Waals surface area contributed by atoms with E-state index in [1.807, 2.05) is 0 Å². The number of rotatable bonds is 44. The summed E-state index contributed by atoms with van der Waals surface area (Å²) in [6.45, 7) is 6.65. The highest BCUT2D eigenvalue weighted by molar-refractivity contribution is 5.71. The second kappa shape index (κ2) is 44.1. The summed E-state index contributed by atoms with van der Waals surface area (Å²) in [6.07, 6.45) is 45.1. The fraction of sp³-hybridized carbons (Fsp3) is 0.938. The van der Waals surface area contributed by atoms with Crippen molar-refractivity contribution in [1.29, 1.82) is 0 Å². The highest BCUT2D eigenvalue weighted by Gasteiger charge is 2.19. The van der Waals surface area contributed by atoms with Crippen molar-refractivity contribution in [1.82, 2.24) is 0 Å². The predicted octanol–water partition coefficient (Wildman–Crippen LogP) is 15.3. The molecule has 0 aromatic rings. The minimum absolute atomic E-state index is 0.0623. The third-order valence-corrected chi connectivity index (χ3v) is 10.9. The van der Waals surface area contributed by atoms with Crippen molar-refractivity contribution in [2.75, 3.05) is 13.2 Å². The smallest absolute Gasteiger partial charge is 0.306 e. The molecule has 0 aliphatic carbocycles. The van der Waals surface area contributed by atoms with Crippen molar-refractivity contribution < 1.29 is 28.6 Å². The van der Waals surface area contributed by atoms with Gasteiger partial charge in [0.2, 0.25) is 0 Å². The molecule has 0 heterocycles. The molecule has 0 fully saturated rings. The van der Waals surface area contributed by atoms with Gasteiger partial charge >= 0.3 is 17.9 Å². The van der Waals surface area contributed by atoms with E-state index < -0.39 is 6.10 Å². The number of carbonyl (C=O) groups is 3. The van der Waals surface area contributed by atoms with Crippen molar-refractivity contribution >= 4 is 17.9 Å². The molecule has 1 unspecified atom stereocenters. The lowest BCUT2D eigenvalue weighted by molar-refractivity contribution is -0.167. The lowest BCUT2D eigenvalue weighted by Crippen LogP contribution is -2.30. The fourth-order valence-electron chi connectivity index (χ4n) is 7.21. The Labute approximate surface area is 336 Å². The first-order chi connectivity index (χ1) is 26.5. The van der Waals surface area contributed by atoms with Gasteiger partial charge in [0.15, 0.2) is 6.10 Å². The largest absolute Gasteiger partial charge is 0.462 e. The molecule has 0 N–H and O–H groups in total. The van der Waals surface area contributed by atoms with Gasteiger partial charge in [-0.25, -0.2) is 0 Å². The number of ether oxygens (including phenoxy) is 3. The van der Waals surface area contributed by atoms with E-state index >= 15 is 0 Å². The normalized spacial score (nSPS) is 11.8. The highest BCUT2D eigenvalue weighted by atomic mass is 16.6. The number of hydrogen-bond acceptors (Lipinski definition) is 6. The third-order valence-electron chi connectivity index (χ3n) is 10.9. The maximum Gasteiger partial charge on any atom is 0.306 e. The first-order valence-corrected chi connectivity index (χ1v) is 24.0. The Morgan fingerprint density at radius 3 is 0.741 bits per heavy atom. The van der Waals surface area contributed by atoms with Gasteiger partial charge in [0.1, 0.15) is 13.2 Å². The van der Waals surface area contributed by atoms with E-state index in [9.17, 15) is 14.4 Å². The molecule has 6 heteroatoms. The topological polar surface area (TPSA) is 78.9 Å². The Morgan fingerprint density at radius 2 is 0.500 bits per heavy atom. The Balaban J connectivity index is 4.31. The molecular weight excluding hydrogens is 673 g/mol. The maximum atomic E-state index is 12.7. The van der Waals surface area contributed by atoms with Crippen LogP contribution < -0.4 is 0 Å². The molecule has 320 valence electrons. The van der Waals surface area contributed by atoms with Crippen molar-refractivity contribution in [3.63, 3.8) is 0 Å². The number of esters is 3. The molecule has 0 saturated carbocycles. The second-order valence-electron chi connectivity index (χ2n) is 16.4. The van der Waals surface area contributed by atoms with Crippen LogP contribution in [0.5, 0.6) is 0 Å². The van der Waals surface area contributed by atoms with E-state index in [1.165, 1.54) is 173 Å². The van der Waals surface area contributed by atoms with Crippen LogP contribution in [-0.4, -0.2) is 37.2 Å². The zero-order valence-electron chi connectivity index (χ0n) is 36.5. The van der Waals surface area contributed by atoms with E-state index in [0.29, 0.717) is 19.3 Å². The summed E-state index contributed by atoms with van der Waals surface area (Å²) in [5, 5.41) is 0. The zero-order chi connectivity index (χ0) is 39.4. The van der Waals surface area contributed by atoms with E-state index in [0.717, 1.165) is 57.8 Å². The average Bonchev–Trinajstić information content (AvgIpc) is 3.17. The van der Waals surface area contributed by atoms with Crippen molar-refractivity contribution in [2.24, 2.45) is 0 Å². The molecule has 0 spiro atoms. The van der Waals surface area contributed by atoms with Crippen LogP contribution in [0.1, 0.15) is 271 Å². The molecule has 6 nitrogen and oxygen atoms in total. The van der Waals surface area contributed by atoms with Gasteiger partial charge in [-0.1, -0.05) is 233 Å². The predicted molar refractivity (Wildman–Crippen MR) is 229 cm³/mol. The van der Waals surface area contributed by atoms with Crippen LogP contribution in [0.4, 0.5) is 0 Å². The van der Waals surface area contributed by atoms with E-state index in [4.69, 9.17) is 14.2 Å². The van der Waals surface area contributed by atoms with Crippen LogP contribution in [0.3, 0.4) is 0 Å². The first kappa shape index (κ1) is 52.4. The van der Waals surface area contributed by atoms with Crippen LogP contribution in [0.2, 0.25) is 0 Å². The average molecular weight is 765 g/mol. The minimum atomic E-state index is -0.758. The van der Waals surface area contributed by atoms with Crippen LogP contribution in [0.25, 0.3) is 0 Å². The van der Waals surface area contributed by atoms with Gasteiger partial charge < -0.3 is 14.2 Å². The molecule has 0 amide bonds. The highest BCUT2D eigenvalue weighted by Crippen LogP contribution is 2.16. The number of hydrogen-bond donors (Lipinski definition) is 0. The van der Waals surface area contributed by atoms with Crippen molar-refractivity contribution in [3.05, 3.63) is 0 Å². The molecule has 0 aliphatic rings. The lowest BCUT2D eigenvalue weighted by Gasteiger charge is -2.18. The summed E-state index contributed by atoms with van der Waals surface area (Å²) in [5.41, 5.74) is 0. The summed E-state index contributed by atoms with van der Waals surface area (Å²) in [7, 11) is 0. The maximum absolute atomic E-state index is 12.7. The van der Waals surface area contributed by atoms with Gasteiger partial charge in [0, 0.05) is 19.3 Å². The fourth-order valence-corrected chi connectivity index (χ4v) is 7.21. The van der Waals surface area contributed by atoms with Gasteiger partial charge in [0.25, 0.3) is 0 Å². The molecular formula is C48H92O6. The van der Waals surface area contributed by atoms with Crippen LogP contribution in [-0.2, 0) is 28.6 Å². The van der Waals surface area contributed by atoms with Crippen molar-refractivity contribution in [3.8, 4) is 0 Å². The molecule has 0 aromatic heterocycles. The summed E-state index contributed by atoms with van der Waals surface area (Å²) in [6, 6.07) is 0. The summed E-state index contributed by atoms with van der Waals surface area (Å²) < 4.78 is 16.7. The molecule has 0 rings (SSSR count). The molecule has 0 radical (unpaired) electrons. The minimum Gasteiger partial charge on any atom is -0.462 e. The second-order valence-corrected chi connectivity index (χ2v) is 16.4. The van der Waals surface area contributed by atoms with Gasteiger partial charge in [-0.15, -0.1) is 0 Å². The first-order valence-electron chi connectivity index (χ1n) is 24.0. The quantitative estimate of drug-likeness (QED) is 0.0349. The van der Waals surface area contributed by atoms with E-state index in [1.54, 1.807) is 0 Å². The SMILES string of the molecule is CCCCCCCCCCCCCCCC(=O)OCC(COC(=O)CCCCCCCCCCCC)OC(=O)CCCCCCCCCCCCCCC. The summed E-state index contributed by atoms with van der Waals surface area (Å²) in [4.78, 5) is 37.7. The summed E-state index contributed by atoms with van der Waals surface area (Å²) in [5.74, 6) is -0.848. The lowest BCUT2D eigenvalue weighted by atomic mass is 10.0. The van der Waals surface area contributed by atoms with Gasteiger partial charge in [0.05, 0.1) is 0 Å². The van der Waals surface area contributed by atoms with Crippen LogP contribution >= 0.6 is 0 Å². The molecule has 0 bridgehead atoms. The van der Waals surface area contributed by atoms with Gasteiger partial charge in [-0.3, -0.25) is 14.4 Å². The van der Waals surface area contributed by atoms with Crippen LogP contribution in [0.15, 0.2) is 0 Å². The Hall–Kier alpha value is -1.59. The standard InChI is InChI=1S/C48H92O6/c1-4-7-10-13-16-19-22-24-26-29-32-35-38-41-47(50)53-44-45(43-52-46(49)40-37-34-31-28-21-18-15-12-9-6-3)54-48(51)42-39-36-33-30-27-25-23-20-17-14-11-8-5-2/h45H,4-44H2,1-3H3. The number of carbonyl (C=O) groups excluding carboxylic acids is 3. The molecule has 54 heavy (non-hydrogen) atoms. The number of unbranched alkanes of at least 4 members (excludes halogenated alkanes) is 33. The molecule has 0 aliphatic heterocycles. The van der Waals surface area contributed by atoms with Gasteiger partial charge in [-0.2, -0.15) is 0 Å². The van der Waals surface area contributed by atoms with Gasteiger partial charge in [-0.05, 0) is 19.3 Å². The Morgan fingerprint density at radius 1 is 0.296 bits per heavy atom. The Bertz CT molecular complexity index is 798. The molecule has 1 atom stereocenters. The molecule has 0 aromatic carbocycles.